The van der Waals surface area contributed by atoms with Gasteiger partial charge in [0, 0.05) is 11.8 Å². The third-order valence-electron chi connectivity index (χ3n) is 2.08. The molecule has 5 heteroatoms. The van der Waals surface area contributed by atoms with Gasteiger partial charge in [0.1, 0.15) is 11.4 Å². The zero-order chi connectivity index (χ0) is 11.7. The highest BCUT2D eigenvalue weighted by molar-refractivity contribution is 5.66. The molecule has 82 valence electrons. The van der Waals surface area contributed by atoms with Gasteiger partial charge in [-0.15, -0.1) is 0 Å². The highest BCUT2D eigenvalue weighted by atomic mass is 19.2. The van der Waals surface area contributed by atoms with Crippen LogP contribution in [0.5, 0.6) is 5.75 Å². The van der Waals surface area contributed by atoms with E-state index in [1.54, 1.807) is 0 Å². The minimum atomic E-state index is -1.58. The minimum absolute atomic E-state index is 0.126. The van der Waals surface area contributed by atoms with E-state index in [4.69, 9.17) is 0 Å². The second kappa shape index (κ2) is 3.84. The summed E-state index contributed by atoms with van der Waals surface area (Å²) in [4.78, 5) is 3.70. The van der Waals surface area contributed by atoms with Crippen molar-refractivity contribution >= 4 is 0 Å². The molecule has 2 nitrogen and oxygen atoms in total. The summed E-state index contributed by atoms with van der Waals surface area (Å²) in [6.07, 6.45) is 1.32. The standard InChI is InChI=1S/C11H6F3NO/c12-7-4-3-6(9(13)10(7)14)11-8(16)2-1-5-15-11/h1-5,16H. The molecule has 1 N–H and O–H groups in total. The van der Waals surface area contributed by atoms with Crippen LogP contribution < -0.4 is 0 Å². The summed E-state index contributed by atoms with van der Waals surface area (Å²) in [6, 6.07) is 4.53. The Hall–Kier alpha value is -2.04. The van der Waals surface area contributed by atoms with Gasteiger partial charge in [0.05, 0.1) is 0 Å². The molecule has 0 fully saturated rings. The van der Waals surface area contributed by atoms with E-state index in [0.717, 1.165) is 12.1 Å². The van der Waals surface area contributed by atoms with Gasteiger partial charge in [-0.2, -0.15) is 0 Å². The molecular weight excluding hydrogens is 219 g/mol. The topological polar surface area (TPSA) is 33.1 Å². The summed E-state index contributed by atoms with van der Waals surface area (Å²) in [5.74, 6) is -4.53. The number of hydrogen-bond donors (Lipinski definition) is 1. The number of rotatable bonds is 1. The van der Waals surface area contributed by atoms with E-state index in [1.807, 2.05) is 0 Å². The molecule has 0 atom stereocenters. The van der Waals surface area contributed by atoms with E-state index in [1.165, 1.54) is 18.3 Å². The molecule has 1 aromatic carbocycles. The highest BCUT2D eigenvalue weighted by Crippen LogP contribution is 2.30. The molecule has 2 aromatic rings. The van der Waals surface area contributed by atoms with Crippen molar-refractivity contribution in [1.29, 1.82) is 0 Å². The summed E-state index contributed by atoms with van der Waals surface area (Å²) >= 11 is 0. The van der Waals surface area contributed by atoms with Gasteiger partial charge in [-0.1, -0.05) is 0 Å². The monoisotopic (exact) mass is 225 g/mol. The fourth-order valence-electron chi connectivity index (χ4n) is 1.31. The molecule has 0 saturated heterocycles. The van der Waals surface area contributed by atoms with E-state index >= 15 is 0 Å². The van der Waals surface area contributed by atoms with Gasteiger partial charge >= 0.3 is 0 Å². The lowest BCUT2D eigenvalue weighted by Crippen LogP contribution is -1.95. The van der Waals surface area contributed by atoms with Crippen LogP contribution in [0.1, 0.15) is 0 Å². The van der Waals surface area contributed by atoms with Crippen LogP contribution in [0.2, 0.25) is 0 Å². The van der Waals surface area contributed by atoms with Crippen LogP contribution in [-0.2, 0) is 0 Å². The van der Waals surface area contributed by atoms with Crippen LogP contribution in [0.25, 0.3) is 11.3 Å². The normalized spacial score (nSPS) is 10.4. The Kier molecular flexibility index (Phi) is 2.52. The van der Waals surface area contributed by atoms with E-state index in [2.05, 4.69) is 4.98 Å². The molecule has 0 spiro atoms. The average Bonchev–Trinajstić information content (AvgIpc) is 2.28. The Balaban J connectivity index is 2.66. The molecule has 1 heterocycles. The maximum absolute atomic E-state index is 13.4. The first-order chi connectivity index (χ1) is 7.61. The fraction of sp³-hybridized carbons (Fsp3) is 0. The molecule has 0 amide bonds. The van der Waals surface area contributed by atoms with E-state index in [0.29, 0.717) is 0 Å². The largest absolute Gasteiger partial charge is 0.506 e. The molecule has 0 saturated carbocycles. The molecule has 0 aliphatic heterocycles. The van der Waals surface area contributed by atoms with Crippen molar-refractivity contribution in [1.82, 2.24) is 4.98 Å². The number of halogens is 3. The zero-order valence-electron chi connectivity index (χ0n) is 7.92. The van der Waals surface area contributed by atoms with Crippen LogP contribution >= 0.6 is 0 Å². The van der Waals surface area contributed by atoms with Crippen molar-refractivity contribution in [3.63, 3.8) is 0 Å². The maximum atomic E-state index is 13.4. The second-order valence-corrected chi connectivity index (χ2v) is 3.09. The molecule has 0 bridgehead atoms. The van der Waals surface area contributed by atoms with Gasteiger partial charge < -0.3 is 5.11 Å². The number of aromatic hydroxyl groups is 1. The predicted octanol–water partition coefficient (Wildman–Crippen LogP) is 2.87. The summed E-state index contributed by atoms with van der Waals surface area (Å²) in [7, 11) is 0. The van der Waals surface area contributed by atoms with Crippen LogP contribution in [0.4, 0.5) is 13.2 Å². The van der Waals surface area contributed by atoms with Gasteiger partial charge in [-0.25, -0.2) is 13.2 Å². The second-order valence-electron chi connectivity index (χ2n) is 3.09. The molecule has 0 unspecified atom stereocenters. The predicted molar refractivity (Wildman–Crippen MR) is 51.2 cm³/mol. The van der Waals surface area contributed by atoms with Gasteiger partial charge in [0.15, 0.2) is 17.5 Å². The quantitative estimate of drug-likeness (QED) is 0.757. The number of nitrogens with zero attached hydrogens (tertiary/aromatic N) is 1. The lowest BCUT2D eigenvalue weighted by Gasteiger charge is -2.05. The van der Waals surface area contributed by atoms with Gasteiger partial charge in [-0.3, -0.25) is 4.98 Å². The number of pyridine rings is 1. The first-order valence-corrected chi connectivity index (χ1v) is 4.39. The van der Waals surface area contributed by atoms with Gasteiger partial charge in [-0.05, 0) is 24.3 Å². The summed E-state index contributed by atoms with van der Waals surface area (Å²) < 4.78 is 39.0. The van der Waals surface area contributed by atoms with Gasteiger partial charge in [0.2, 0.25) is 0 Å². The first-order valence-electron chi connectivity index (χ1n) is 4.39. The number of hydrogen-bond acceptors (Lipinski definition) is 2. The van der Waals surface area contributed by atoms with Crippen LogP contribution in [0.3, 0.4) is 0 Å². The van der Waals surface area contributed by atoms with Crippen molar-refractivity contribution in [3.8, 4) is 17.0 Å². The zero-order valence-corrected chi connectivity index (χ0v) is 7.92. The third-order valence-corrected chi connectivity index (χ3v) is 2.08. The number of benzene rings is 1. The smallest absolute Gasteiger partial charge is 0.195 e. The van der Waals surface area contributed by atoms with Crippen LogP contribution in [-0.4, -0.2) is 10.1 Å². The molecule has 2 rings (SSSR count). The first kappa shape index (κ1) is 10.5. The molecule has 0 aliphatic rings. The van der Waals surface area contributed by atoms with Crippen LogP contribution in [0.15, 0.2) is 30.5 Å². The van der Waals surface area contributed by atoms with E-state index in [-0.39, 0.29) is 17.0 Å². The summed E-state index contributed by atoms with van der Waals surface area (Å²) in [5.41, 5.74) is -0.407. The van der Waals surface area contributed by atoms with E-state index in [9.17, 15) is 18.3 Å². The van der Waals surface area contributed by atoms with Crippen molar-refractivity contribution < 1.29 is 18.3 Å². The summed E-state index contributed by atoms with van der Waals surface area (Å²) in [5, 5.41) is 9.40. The molecule has 16 heavy (non-hydrogen) atoms. The number of aromatic nitrogens is 1. The lowest BCUT2D eigenvalue weighted by atomic mass is 10.1. The Morgan fingerprint density at radius 1 is 1.00 bits per heavy atom. The van der Waals surface area contributed by atoms with Gasteiger partial charge in [0.25, 0.3) is 0 Å². The summed E-state index contributed by atoms with van der Waals surface area (Å²) in [6.45, 7) is 0. The highest BCUT2D eigenvalue weighted by Gasteiger charge is 2.17. The van der Waals surface area contributed by atoms with Crippen molar-refractivity contribution in [2.75, 3.05) is 0 Å². The molecule has 0 aliphatic carbocycles. The fourth-order valence-corrected chi connectivity index (χ4v) is 1.31. The average molecular weight is 225 g/mol. The third kappa shape index (κ3) is 1.60. The lowest BCUT2D eigenvalue weighted by molar-refractivity contribution is 0.446. The SMILES string of the molecule is Oc1cccnc1-c1ccc(F)c(F)c1F. The van der Waals surface area contributed by atoms with Crippen molar-refractivity contribution in [2.45, 2.75) is 0 Å². The van der Waals surface area contributed by atoms with Crippen molar-refractivity contribution in [3.05, 3.63) is 47.9 Å². The minimum Gasteiger partial charge on any atom is -0.506 e. The molecule has 1 aromatic heterocycles. The Morgan fingerprint density at radius 3 is 2.44 bits per heavy atom. The maximum Gasteiger partial charge on any atom is 0.195 e. The van der Waals surface area contributed by atoms with Crippen molar-refractivity contribution in [2.24, 2.45) is 0 Å². The van der Waals surface area contributed by atoms with Crippen LogP contribution in [0, 0.1) is 17.5 Å². The Bertz CT molecular complexity index is 543. The van der Waals surface area contributed by atoms with E-state index < -0.39 is 17.5 Å². The Labute approximate surface area is 89.0 Å². The Morgan fingerprint density at radius 2 is 1.75 bits per heavy atom. The molecule has 0 radical (unpaired) electrons. The molecular formula is C11H6F3NO.